The fourth-order valence-corrected chi connectivity index (χ4v) is 1.99. The van der Waals surface area contributed by atoms with E-state index in [1.165, 1.54) is 23.3 Å². The van der Waals surface area contributed by atoms with Crippen molar-refractivity contribution in [2.75, 3.05) is 0 Å². The van der Waals surface area contributed by atoms with Gasteiger partial charge in [0.2, 0.25) is 0 Å². The summed E-state index contributed by atoms with van der Waals surface area (Å²) in [7, 11) is 0. The molecule has 2 aromatic heterocycles. The molecular weight excluding hydrogens is 254 g/mol. The van der Waals surface area contributed by atoms with E-state index in [9.17, 15) is 9.59 Å². The molecule has 0 unspecified atom stereocenters. The molecule has 0 aliphatic rings. The number of fused-ring (bicyclic) bond motifs is 1. The molecule has 20 heavy (non-hydrogen) atoms. The van der Waals surface area contributed by atoms with E-state index in [1.807, 2.05) is 6.07 Å². The summed E-state index contributed by atoms with van der Waals surface area (Å²) in [4.78, 5) is 32.4. The van der Waals surface area contributed by atoms with E-state index in [4.69, 9.17) is 0 Å². The highest BCUT2D eigenvalue weighted by Gasteiger charge is 2.09. The van der Waals surface area contributed by atoms with Crippen LogP contribution in [0.3, 0.4) is 0 Å². The van der Waals surface area contributed by atoms with E-state index < -0.39 is 0 Å². The van der Waals surface area contributed by atoms with Gasteiger partial charge in [0.15, 0.2) is 5.78 Å². The van der Waals surface area contributed by atoms with Gasteiger partial charge in [0.25, 0.3) is 5.56 Å². The summed E-state index contributed by atoms with van der Waals surface area (Å²) in [5.41, 5.74) is 0.872. The molecule has 0 spiro atoms. The number of carbonyl (C=O) groups is 1. The molecule has 0 amide bonds. The van der Waals surface area contributed by atoms with Crippen LogP contribution in [0.4, 0.5) is 0 Å². The van der Waals surface area contributed by atoms with Gasteiger partial charge in [-0.2, -0.15) is 0 Å². The van der Waals surface area contributed by atoms with Gasteiger partial charge in [0.05, 0.1) is 30.0 Å². The first-order valence-corrected chi connectivity index (χ1v) is 6.13. The monoisotopic (exact) mass is 265 g/mol. The molecule has 5 nitrogen and oxygen atoms in total. The normalized spacial score (nSPS) is 10.6. The van der Waals surface area contributed by atoms with Crippen molar-refractivity contribution in [1.82, 2.24) is 14.5 Å². The first-order valence-electron chi connectivity index (χ1n) is 6.13. The quantitative estimate of drug-likeness (QED) is 0.676. The van der Waals surface area contributed by atoms with Gasteiger partial charge < -0.3 is 0 Å². The largest absolute Gasteiger partial charge is 0.292 e. The fraction of sp³-hybridized carbons (Fsp3) is 0.0667. The predicted molar refractivity (Wildman–Crippen MR) is 74.6 cm³/mol. The minimum absolute atomic E-state index is 0.0197. The van der Waals surface area contributed by atoms with Gasteiger partial charge in [-0.3, -0.25) is 19.1 Å². The number of Topliss-reactive ketones (excluding diaryl/α,β-unsaturated/α-hetero) is 1. The lowest BCUT2D eigenvalue weighted by atomic mass is 10.1. The lowest BCUT2D eigenvalue weighted by Gasteiger charge is -2.05. The zero-order valence-corrected chi connectivity index (χ0v) is 10.6. The van der Waals surface area contributed by atoms with Crippen LogP contribution in [0.25, 0.3) is 10.9 Å². The highest BCUT2D eigenvalue weighted by molar-refractivity contribution is 5.95. The van der Waals surface area contributed by atoms with Crippen LogP contribution in [0, 0.1) is 0 Å². The summed E-state index contributed by atoms with van der Waals surface area (Å²) >= 11 is 0. The van der Waals surface area contributed by atoms with E-state index >= 15 is 0 Å². The Balaban J connectivity index is 1.98. The Morgan fingerprint density at radius 1 is 1.15 bits per heavy atom. The maximum atomic E-state index is 12.2. The number of hydrogen-bond donors (Lipinski definition) is 0. The van der Waals surface area contributed by atoms with E-state index in [1.54, 1.807) is 30.3 Å². The molecule has 98 valence electrons. The summed E-state index contributed by atoms with van der Waals surface area (Å²) in [6.07, 6.45) is 4.45. The Hall–Kier alpha value is -2.82. The average molecular weight is 265 g/mol. The van der Waals surface area contributed by atoms with E-state index in [0.29, 0.717) is 16.5 Å². The zero-order valence-electron chi connectivity index (χ0n) is 10.6. The second-order valence-corrected chi connectivity index (χ2v) is 4.36. The standard InChI is InChI=1S/C15H11N3O2/c19-14(11-4-2-1-3-5-11)9-18-10-17-13-8-16-7-6-12(13)15(18)20/h1-8,10H,9H2. The Morgan fingerprint density at radius 3 is 2.75 bits per heavy atom. The number of benzene rings is 1. The number of rotatable bonds is 3. The first-order chi connectivity index (χ1) is 9.75. The maximum absolute atomic E-state index is 12.2. The lowest BCUT2D eigenvalue weighted by Crippen LogP contribution is -2.24. The number of ketones is 1. The third-order valence-corrected chi connectivity index (χ3v) is 3.04. The van der Waals surface area contributed by atoms with Gasteiger partial charge in [-0.15, -0.1) is 0 Å². The average Bonchev–Trinajstić information content (AvgIpc) is 2.51. The zero-order chi connectivity index (χ0) is 13.9. The van der Waals surface area contributed by atoms with Gasteiger partial charge in [0, 0.05) is 11.8 Å². The maximum Gasteiger partial charge on any atom is 0.261 e. The van der Waals surface area contributed by atoms with E-state index in [0.717, 1.165) is 0 Å². The summed E-state index contributed by atoms with van der Waals surface area (Å²) < 4.78 is 1.32. The topological polar surface area (TPSA) is 64.8 Å². The molecule has 0 radical (unpaired) electrons. The van der Waals surface area contributed by atoms with Crippen LogP contribution < -0.4 is 5.56 Å². The number of aromatic nitrogens is 3. The summed E-state index contributed by atoms with van der Waals surface area (Å²) in [6.45, 7) is -0.0197. The van der Waals surface area contributed by atoms with Crippen molar-refractivity contribution >= 4 is 16.7 Å². The fourth-order valence-electron chi connectivity index (χ4n) is 1.99. The van der Waals surface area contributed by atoms with E-state index in [2.05, 4.69) is 9.97 Å². The van der Waals surface area contributed by atoms with Crippen LogP contribution in [0.2, 0.25) is 0 Å². The van der Waals surface area contributed by atoms with Gasteiger partial charge in [-0.1, -0.05) is 30.3 Å². The number of pyridine rings is 1. The molecule has 1 aromatic carbocycles. The van der Waals surface area contributed by atoms with Gasteiger partial charge in [0.1, 0.15) is 0 Å². The molecule has 0 aliphatic carbocycles. The third-order valence-electron chi connectivity index (χ3n) is 3.04. The van der Waals surface area contributed by atoms with Gasteiger partial charge in [-0.25, -0.2) is 4.98 Å². The van der Waals surface area contributed by atoms with Crippen molar-refractivity contribution in [3.05, 3.63) is 71.0 Å². The summed E-state index contributed by atoms with van der Waals surface area (Å²) in [6, 6.07) is 10.5. The molecule has 0 N–H and O–H groups in total. The second kappa shape index (κ2) is 5.05. The molecule has 2 heterocycles. The Bertz CT molecular complexity index is 825. The Kier molecular flexibility index (Phi) is 3.09. The molecule has 3 aromatic rings. The Morgan fingerprint density at radius 2 is 1.95 bits per heavy atom. The van der Waals surface area contributed by atoms with Gasteiger partial charge >= 0.3 is 0 Å². The minimum atomic E-state index is -0.235. The third kappa shape index (κ3) is 2.21. The number of nitrogens with zero attached hydrogens (tertiary/aromatic N) is 3. The smallest absolute Gasteiger partial charge is 0.261 e. The van der Waals surface area contributed by atoms with Crippen molar-refractivity contribution in [2.45, 2.75) is 6.54 Å². The van der Waals surface area contributed by atoms with Crippen LogP contribution >= 0.6 is 0 Å². The molecule has 0 fully saturated rings. The minimum Gasteiger partial charge on any atom is -0.292 e. The van der Waals surface area contributed by atoms with Crippen LogP contribution in [-0.2, 0) is 6.54 Å². The molecule has 5 heteroatoms. The van der Waals surface area contributed by atoms with Crippen LogP contribution in [0.5, 0.6) is 0 Å². The number of hydrogen-bond acceptors (Lipinski definition) is 4. The lowest BCUT2D eigenvalue weighted by molar-refractivity contribution is 0.0970. The van der Waals surface area contributed by atoms with Crippen molar-refractivity contribution in [3.63, 3.8) is 0 Å². The first kappa shape index (κ1) is 12.2. The summed E-state index contributed by atoms with van der Waals surface area (Å²) in [5.74, 6) is -0.122. The molecular formula is C15H11N3O2. The predicted octanol–water partition coefficient (Wildman–Crippen LogP) is 1.67. The van der Waals surface area contributed by atoms with E-state index in [-0.39, 0.29) is 17.9 Å². The van der Waals surface area contributed by atoms with Crippen LogP contribution in [0.15, 0.2) is 59.9 Å². The molecule has 0 atom stereocenters. The molecule has 0 saturated heterocycles. The summed E-state index contributed by atoms with van der Waals surface area (Å²) in [5, 5.41) is 0.461. The molecule has 0 aliphatic heterocycles. The van der Waals surface area contributed by atoms with Crippen molar-refractivity contribution in [1.29, 1.82) is 0 Å². The van der Waals surface area contributed by atoms with Crippen LogP contribution in [-0.4, -0.2) is 20.3 Å². The van der Waals surface area contributed by atoms with Crippen molar-refractivity contribution in [3.8, 4) is 0 Å². The molecule has 3 rings (SSSR count). The molecule has 0 bridgehead atoms. The SMILES string of the molecule is O=C(Cn1cnc2cnccc2c1=O)c1ccccc1. The van der Waals surface area contributed by atoms with Crippen molar-refractivity contribution in [2.24, 2.45) is 0 Å². The van der Waals surface area contributed by atoms with Crippen molar-refractivity contribution < 1.29 is 4.79 Å². The highest BCUT2D eigenvalue weighted by atomic mass is 16.1. The Labute approximate surface area is 114 Å². The van der Waals surface area contributed by atoms with Crippen LogP contribution in [0.1, 0.15) is 10.4 Å². The highest BCUT2D eigenvalue weighted by Crippen LogP contribution is 2.04. The van der Waals surface area contributed by atoms with Gasteiger partial charge in [-0.05, 0) is 6.07 Å². The number of carbonyl (C=O) groups excluding carboxylic acids is 1. The molecule has 0 saturated carbocycles. The second-order valence-electron chi connectivity index (χ2n) is 4.36.